The van der Waals surface area contributed by atoms with E-state index >= 15 is 0 Å². The van der Waals surface area contributed by atoms with Gasteiger partial charge in [-0.15, -0.1) is 0 Å². The zero-order chi connectivity index (χ0) is 22.3. The fourth-order valence-electron chi connectivity index (χ4n) is 3.69. The van der Waals surface area contributed by atoms with Crippen LogP contribution in [0.4, 0.5) is 5.69 Å². The molecule has 0 atom stereocenters. The molecule has 1 aromatic heterocycles. The molecule has 31 heavy (non-hydrogen) atoms. The fraction of sp³-hybridized carbons (Fsp3) is 0.273. The van der Waals surface area contributed by atoms with Crippen LogP contribution in [-0.4, -0.2) is 43.8 Å². The van der Waals surface area contributed by atoms with Crippen LogP contribution >= 0.6 is 0 Å². The number of aromatic amines is 1. The number of carbonyl (C=O) groups excluding carboxylic acids is 1. The third-order valence-corrected chi connectivity index (χ3v) is 7.26. The number of aromatic nitrogens is 1. The first-order valence-corrected chi connectivity index (χ1v) is 11.3. The summed E-state index contributed by atoms with van der Waals surface area (Å²) in [4.78, 5) is 29.6. The number of pyridine rings is 1. The first-order chi connectivity index (χ1) is 14.7. The molecule has 9 heteroatoms. The SMILES string of the molecule is CC(=O)N(Cc1cc2cccc(C)c2[nH]c1=O)S(=O)(=O)c1ccc2c(c1)OCCN2C. The van der Waals surface area contributed by atoms with Crippen molar-refractivity contribution in [3.8, 4) is 5.75 Å². The van der Waals surface area contributed by atoms with Gasteiger partial charge in [0.2, 0.25) is 5.91 Å². The van der Waals surface area contributed by atoms with Crippen LogP contribution in [0.3, 0.4) is 0 Å². The van der Waals surface area contributed by atoms with Crippen LogP contribution in [0.2, 0.25) is 0 Å². The van der Waals surface area contributed by atoms with E-state index in [1.807, 2.05) is 37.1 Å². The quantitative estimate of drug-likeness (QED) is 0.667. The summed E-state index contributed by atoms with van der Waals surface area (Å²) in [5, 5.41) is 0.765. The highest BCUT2D eigenvalue weighted by Gasteiger charge is 2.30. The highest BCUT2D eigenvalue weighted by Crippen LogP contribution is 2.34. The molecule has 3 aromatic rings. The van der Waals surface area contributed by atoms with Gasteiger partial charge in [0.15, 0.2) is 0 Å². The van der Waals surface area contributed by atoms with Gasteiger partial charge in [-0.3, -0.25) is 9.59 Å². The number of likely N-dealkylation sites (N-methyl/N-ethyl adjacent to an activating group) is 1. The molecule has 0 spiro atoms. The zero-order valence-electron chi connectivity index (χ0n) is 17.5. The third kappa shape index (κ3) is 3.76. The molecule has 162 valence electrons. The largest absolute Gasteiger partial charge is 0.490 e. The monoisotopic (exact) mass is 441 g/mol. The molecule has 2 aromatic carbocycles. The number of hydrogen-bond acceptors (Lipinski definition) is 6. The first kappa shape index (κ1) is 20.9. The van der Waals surface area contributed by atoms with E-state index in [1.165, 1.54) is 19.1 Å². The van der Waals surface area contributed by atoms with Gasteiger partial charge in [0.05, 0.1) is 29.2 Å². The van der Waals surface area contributed by atoms with Crippen molar-refractivity contribution < 1.29 is 17.9 Å². The van der Waals surface area contributed by atoms with Crippen molar-refractivity contribution in [2.24, 2.45) is 0 Å². The van der Waals surface area contributed by atoms with Gasteiger partial charge in [0.25, 0.3) is 15.6 Å². The number of fused-ring (bicyclic) bond motifs is 2. The second-order valence-electron chi connectivity index (χ2n) is 7.59. The molecule has 0 fully saturated rings. The van der Waals surface area contributed by atoms with Crippen molar-refractivity contribution in [2.75, 3.05) is 25.1 Å². The summed E-state index contributed by atoms with van der Waals surface area (Å²) in [6, 6.07) is 11.7. The van der Waals surface area contributed by atoms with E-state index in [4.69, 9.17) is 4.74 Å². The second kappa shape index (κ2) is 7.73. The number of anilines is 1. The molecule has 0 aliphatic carbocycles. The van der Waals surface area contributed by atoms with Crippen LogP contribution in [-0.2, 0) is 21.4 Å². The van der Waals surface area contributed by atoms with Gasteiger partial charge in [0, 0.05) is 25.6 Å². The highest BCUT2D eigenvalue weighted by atomic mass is 32.2. The van der Waals surface area contributed by atoms with E-state index in [0.717, 1.165) is 16.6 Å². The summed E-state index contributed by atoms with van der Waals surface area (Å²) in [6.45, 7) is 3.81. The van der Waals surface area contributed by atoms with Gasteiger partial charge in [-0.25, -0.2) is 12.7 Å². The number of H-pyrrole nitrogens is 1. The Balaban J connectivity index is 1.74. The van der Waals surface area contributed by atoms with Gasteiger partial charge in [-0.1, -0.05) is 18.2 Å². The van der Waals surface area contributed by atoms with Crippen LogP contribution in [0.15, 0.2) is 52.2 Å². The fourth-order valence-corrected chi connectivity index (χ4v) is 5.09. The normalized spacial score (nSPS) is 13.6. The lowest BCUT2D eigenvalue weighted by atomic mass is 10.1. The Morgan fingerprint density at radius 1 is 1.23 bits per heavy atom. The minimum atomic E-state index is -4.20. The number of benzene rings is 2. The molecule has 1 amide bonds. The molecule has 2 heterocycles. The lowest BCUT2D eigenvalue weighted by Gasteiger charge is -2.28. The zero-order valence-corrected chi connectivity index (χ0v) is 18.3. The van der Waals surface area contributed by atoms with Crippen molar-refractivity contribution in [1.29, 1.82) is 0 Å². The summed E-state index contributed by atoms with van der Waals surface area (Å²) < 4.78 is 32.9. The molecule has 8 nitrogen and oxygen atoms in total. The molecular weight excluding hydrogens is 418 g/mol. The number of rotatable bonds is 4. The van der Waals surface area contributed by atoms with E-state index < -0.39 is 21.5 Å². The average Bonchev–Trinajstić information content (AvgIpc) is 2.72. The number of carbonyl (C=O) groups is 1. The van der Waals surface area contributed by atoms with Crippen molar-refractivity contribution in [2.45, 2.75) is 25.3 Å². The van der Waals surface area contributed by atoms with Crippen LogP contribution in [0, 0.1) is 6.92 Å². The number of para-hydroxylation sites is 1. The summed E-state index contributed by atoms with van der Waals surface area (Å²) in [6.07, 6.45) is 0. The number of hydrogen-bond donors (Lipinski definition) is 1. The molecule has 0 saturated carbocycles. The Hall–Kier alpha value is -3.33. The van der Waals surface area contributed by atoms with Gasteiger partial charge < -0.3 is 14.6 Å². The first-order valence-electron chi connectivity index (χ1n) is 9.81. The maximum Gasteiger partial charge on any atom is 0.266 e. The second-order valence-corrected chi connectivity index (χ2v) is 9.46. The van der Waals surface area contributed by atoms with Gasteiger partial charge in [-0.2, -0.15) is 0 Å². The topological polar surface area (TPSA) is 99.8 Å². The maximum absolute atomic E-state index is 13.3. The Kier molecular flexibility index (Phi) is 5.22. The Morgan fingerprint density at radius 3 is 2.74 bits per heavy atom. The van der Waals surface area contributed by atoms with Crippen LogP contribution in [0.1, 0.15) is 18.1 Å². The van der Waals surface area contributed by atoms with Crippen LogP contribution < -0.4 is 15.2 Å². The predicted octanol–water partition coefficient (Wildman–Crippen LogP) is 2.40. The summed E-state index contributed by atoms with van der Waals surface area (Å²) in [5.74, 6) is -0.239. The van der Waals surface area contributed by atoms with Gasteiger partial charge in [0.1, 0.15) is 12.4 Å². The number of sulfonamides is 1. The number of nitrogens with zero attached hydrogens (tertiary/aromatic N) is 2. The van der Waals surface area contributed by atoms with Crippen molar-refractivity contribution in [3.05, 3.63) is 63.9 Å². The molecular formula is C22H23N3O5S. The lowest BCUT2D eigenvalue weighted by Crippen LogP contribution is -2.36. The van der Waals surface area contributed by atoms with Crippen LogP contribution in [0.25, 0.3) is 10.9 Å². The highest BCUT2D eigenvalue weighted by molar-refractivity contribution is 7.89. The average molecular weight is 442 g/mol. The molecule has 0 unspecified atom stereocenters. The molecule has 1 N–H and O–H groups in total. The van der Waals surface area contributed by atoms with Crippen LogP contribution in [0.5, 0.6) is 5.75 Å². The molecule has 1 aliphatic heterocycles. The Morgan fingerprint density at radius 2 is 2.00 bits per heavy atom. The van der Waals surface area contributed by atoms with Gasteiger partial charge >= 0.3 is 0 Å². The number of amides is 1. The number of ether oxygens (including phenoxy) is 1. The molecule has 0 bridgehead atoms. The van der Waals surface area contributed by atoms with E-state index in [-0.39, 0.29) is 17.0 Å². The summed E-state index contributed by atoms with van der Waals surface area (Å²) in [5.41, 5.74) is 2.12. The molecule has 0 saturated heterocycles. The van der Waals surface area contributed by atoms with E-state index in [9.17, 15) is 18.0 Å². The summed E-state index contributed by atoms with van der Waals surface area (Å²) in [7, 11) is -2.30. The summed E-state index contributed by atoms with van der Waals surface area (Å²) >= 11 is 0. The molecule has 0 radical (unpaired) electrons. The minimum absolute atomic E-state index is 0.0650. The van der Waals surface area contributed by atoms with E-state index in [2.05, 4.69) is 4.98 Å². The predicted molar refractivity (Wildman–Crippen MR) is 118 cm³/mol. The Labute approximate surface area is 180 Å². The van der Waals surface area contributed by atoms with E-state index in [1.54, 1.807) is 12.1 Å². The minimum Gasteiger partial charge on any atom is -0.490 e. The Bertz CT molecular complexity index is 1350. The van der Waals surface area contributed by atoms with Crippen molar-refractivity contribution >= 4 is 32.5 Å². The number of aryl methyl sites for hydroxylation is 1. The molecule has 4 rings (SSSR count). The van der Waals surface area contributed by atoms with Gasteiger partial charge in [-0.05, 0) is 36.1 Å². The van der Waals surface area contributed by atoms with Crippen molar-refractivity contribution in [3.63, 3.8) is 0 Å². The smallest absolute Gasteiger partial charge is 0.266 e. The lowest BCUT2D eigenvalue weighted by molar-refractivity contribution is -0.124. The van der Waals surface area contributed by atoms with Crippen molar-refractivity contribution in [1.82, 2.24) is 9.29 Å². The molecule has 1 aliphatic rings. The number of nitrogens with one attached hydrogen (secondary N) is 1. The standard InChI is InChI=1S/C22H23N3O5S/c1-14-5-4-6-16-11-17(22(27)23-21(14)16)13-25(15(2)26)31(28,29)18-7-8-19-20(12-18)30-10-9-24(19)3/h4-8,11-12H,9-10,13H2,1-3H3,(H,23,27). The maximum atomic E-state index is 13.3. The third-order valence-electron chi connectivity index (χ3n) is 5.44. The van der Waals surface area contributed by atoms with E-state index in [0.29, 0.717) is 28.7 Å².